The fourth-order valence-corrected chi connectivity index (χ4v) is 3.30. The summed E-state index contributed by atoms with van der Waals surface area (Å²) in [6.45, 7) is 3.38. The van der Waals surface area contributed by atoms with Crippen molar-refractivity contribution in [3.8, 4) is 0 Å². The summed E-state index contributed by atoms with van der Waals surface area (Å²) in [4.78, 5) is 17.2. The molecule has 3 rings (SSSR count). The zero-order chi connectivity index (χ0) is 24.3. The molecule has 1 heterocycles. The number of rotatable bonds is 11. The first-order valence-corrected chi connectivity index (χ1v) is 10.9. The molecule has 0 bridgehead atoms. The van der Waals surface area contributed by atoms with Crippen LogP contribution in [0.1, 0.15) is 29.8 Å². The first kappa shape index (κ1) is 24.8. The van der Waals surface area contributed by atoms with Crippen molar-refractivity contribution in [2.24, 2.45) is 0 Å². The minimum absolute atomic E-state index is 0.196. The topological polar surface area (TPSA) is 111 Å². The SMILES string of the molecule is COCCNCc1nc(NC(=O)N[C@H](C)c2ccccc2)cc(C=N)c1Nc1ccc(F)cc1. The van der Waals surface area contributed by atoms with Crippen LogP contribution in [0.4, 0.5) is 26.4 Å². The number of hydrogen-bond donors (Lipinski definition) is 5. The third-order valence-corrected chi connectivity index (χ3v) is 5.06. The molecule has 2 aromatic carbocycles. The Balaban J connectivity index is 1.81. The normalized spacial score (nSPS) is 11.5. The standard InChI is InChI=1S/C25H29FN6O2/c1-17(18-6-4-3-5-7-18)29-25(33)32-23-14-19(15-27)24(22(31-23)16-28-12-13-34-2)30-21-10-8-20(26)9-11-21/h3-11,14-15,17,27-28,30H,12-13,16H2,1-2H3,(H2,29,31,32,33)/t17-/m1/s1. The summed E-state index contributed by atoms with van der Waals surface area (Å²) in [6, 6.07) is 16.6. The van der Waals surface area contributed by atoms with Crippen LogP contribution in [-0.2, 0) is 11.3 Å². The smallest absolute Gasteiger partial charge is 0.320 e. The number of nitrogens with one attached hydrogen (secondary N) is 5. The van der Waals surface area contributed by atoms with E-state index in [1.165, 1.54) is 18.3 Å². The third-order valence-electron chi connectivity index (χ3n) is 5.06. The molecule has 0 saturated carbocycles. The molecule has 0 radical (unpaired) electrons. The Labute approximate surface area is 198 Å². The van der Waals surface area contributed by atoms with Crippen molar-refractivity contribution in [1.82, 2.24) is 15.6 Å². The molecular formula is C25H29FN6O2. The van der Waals surface area contributed by atoms with Crippen molar-refractivity contribution in [2.45, 2.75) is 19.5 Å². The van der Waals surface area contributed by atoms with Crippen molar-refractivity contribution in [3.05, 3.63) is 83.3 Å². The highest BCUT2D eigenvalue weighted by molar-refractivity contribution is 5.93. The van der Waals surface area contributed by atoms with Gasteiger partial charge in [-0.3, -0.25) is 5.32 Å². The van der Waals surface area contributed by atoms with Gasteiger partial charge in [0.25, 0.3) is 0 Å². The molecule has 5 N–H and O–H groups in total. The number of ether oxygens (including phenoxy) is 1. The number of anilines is 3. The van der Waals surface area contributed by atoms with Crippen molar-refractivity contribution >= 4 is 29.4 Å². The molecule has 3 aromatic rings. The minimum atomic E-state index is -0.405. The zero-order valence-electron chi connectivity index (χ0n) is 19.2. The number of nitrogens with zero attached hydrogens (tertiary/aromatic N) is 1. The fraction of sp³-hybridized carbons (Fsp3) is 0.240. The lowest BCUT2D eigenvalue weighted by Gasteiger charge is -2.18. The number of hydrogen-bond acceptors (Lipinski definition) is 6. The number of aromatic nitrogens is 1. The van der Waals surface area contributed by atoms with Crippen LogP contribution in [0, 0.1) is 11.2 Å². The number of halogens is 1. The summed E-state index contributed by atoms with van der Waals surface area (Å²) < 4.78 is 18.4. The van der Waals surface area contributed by atoms with Crippen LogP contribution in [-0.4, -0.2) is 37.5 Å². The van der Waals surface area contributed by atoms with E-state index in [4.69, 9.17) is 10.1 Å². The summed E-state index contributed by atoms with van der Waals surface area (Å²) in [7, 11) is 1.62. The van der Waals surface area contributed by atoms with Gasteiger partial charge in [-0.1, -0.05) is 30.3 Å². The minimum Gasteiger partial charge on any atom is -0.383 e. The molecule has 0 aliphatic heterocycles. The highest BCUT2D eigenvalue weighted by Gasteiger charge is 2.15. The molecule has 1 atom stereocenters. The molecule has 0 aliphatic rings. The van der Waals surface area contributed by atoms with E-state index >= 15 is 0 Å². The van der Waals surface area contributed by atoms with Crippen LogP contribution in [0.25, 0.3) is 0 Å². The molecule has 1 aromatic heterocycles. The zero-order valence-corrected chi connectivity index (χ0v) is 19.2. The van der Waals surface area contributed by atoms with Gasteiger partial charge in [0.15, 0.2) is 0 Å². The molecule has 0 fully saturated rings. The Morgan fingerprint density at radius 3 is 2.59 bits per heavy atom. The molecule has 178 valence electrons. The second-order valence-electron chi connectivity index (χ2n) is 7.60. The quantitative estimate of drug-likeness (QED) is 0.211. The Morgan fingerprint density at radius 1 is 1.18 bits per heavy atom. The van der Waals surface area contributed by atoms with Gasteiger partial charge < -0.3 is 26.1 Å². The van der Waals surface area contributed by atoms with Gasteiger partial charge in [-0.25, -0.2) is 14.2 Å². The summed E-state index contributed by atoms with van der Waals surface area (Å²) in [5.74, 6) is -0.0304. The van der Waals surface area contributed by atoms with E-state index in [9.17, 15) is 9.18 Å². The van der Waals surface area contributed by atoms with Gasteiger partial charge in [0.1, 0.15) is 11.6 Å². The van der Waals surface area contributed by atoms with E-state index in [0.717, 1.165) is 5.56 Å². The maximum atomic E-state index is 13.3. The Bertz CT molecular complexity index is 1090. The van der Waals surface area contributed by atoms with Crippen LogP contribution in [0.2, 0.25) is 0 Å². The number of urea groups is 1. The number of amides is 2. The lowest BCUT2D eigenvalue weighted by atomic mass is 10.1. The Kier molecular flexibility index (Phi) is 9.07. The predicted octanol–water partition coefficient (Wildman–Crippen LogP) is 4.58. The van der Waals surface area contributed by atoms with E-state index in [2.05, 4.69) is 26.3 Å². The monoisotopic (exact) mass is 464 g/mol. The van der Waals surface area contributed by atoms with Crippen LogP contribution < -0.4 is 21.3 Å². The second-order valence-corrected chi connectivity index (χ2v) is 7.60. The maximum absolute atomic E-state index is 13.3. The largest absolute Gasteiger partial charge is 0.383 e. The third kappa shape index (κ3) is 7.09. The van der Waals surface area contributed by atoms with E-state index in [1.54, 1.807) is 25.3 Å². The molecule has 0 unspecified atom stereocenters. The Hall–Kier alpha value is -3.82. The highest BCUT2D eigenvalue weighted by Crippen LogP contribution is 2.26. The Morgan fingerprint density at radius 2 is 1.91 bits per heavy atom. The molecule has 34 heavy (non-hydrogen) atoms. The van der Waals surface area contributed by atoms with E-state index in [-0.39, 0.29) is 11.9 Å². The van der Waals surface area contributed by atoms with Gasteiger partial charge in [0.05, 0.1) is 24.0 Å². The van der Waals surface area contributed by atoms with Crippen LogP contribution in [0.5, 0.6) is 0 Å². The molecule has 0 saturated heterocycles. The van der Waals surface area contributed by atoms with Gasteiger partial charge >= 0.3 is 6.03 Å². The van der Waals surface area contributed by atoms with Gasteiger partial charge in [-0.2, -0.15) is 0 Å². The van der Waals surface area contributed by atoms with Crippen molar-refractivity contribution in [3.63, 3.8) is 0 Å². The van der Waals surface area contributed by atoms with E-state index in [1.807, 2.05) is 37.3 Å². The van der Waals surface area contributed by atoms with Crippen LogP contribution >= 0.6 is 0 Å². The lowest BCUT2D eigenvalue weighted by Crippen LogP contribution is -2.31. The molecular weight excluding hydrogens is 435 g/mol. The summed E-state index contributed by atoms with van der Waals surface area (Å²) in [5, 5.41) is 20.0. The van der Waals surface area contributed by atoms with Gasteiger partial charge in [0, 0.05) is 37.7 Å². The average Bonchev–Trinajstić information content (AvgIpc) is 2.84. The molecule has 2 amide bonds. The summed E-state index contributed by atoms with van der Waals surface area (Å²) >= 11 is 0. The summed E-state index contributed by atoms with van der Waals surface area (Å²) in [5.41, 5.74) is 3.34. The molecule has 9 heteroatoms. The van der Waals surface area contributed by atoms with Crippen molar-refractivity contribution in [2.75, 3.05) is 30.9 Å². The number of methoxy groups -OCH3 is 1. The maximum Gasteiger partial charge on any atom is 0.320 e. The molecule has 0 aliphatic carbocycles. The summed E-state index contributed by atoms with van der Waals surface area (Å²) in [6.07, 6.45) is 1.18. The van der Waals surface area contributed by atoms with Gasteiger partial charge in [0.2, 0.25) is 0 Å². The second kappa shape index (κ2) is 12.4. The van der Waals surface area contributed by atoms with Crippen LogP contribution in [0.3, 0.4) is 0 Å². The highest BCUT2D eigenvalue weighted by atomic mass is 19.1. The number of benzene rings is 2. The van der Waals surface area contributed by atoms with E-state index in [0.29, 0.717) is 48.1 Å². The number of pyridine rings is 1. The molecule has 8 nitrogen and oxygen atoms in total. The fourth-order valence-electron chi connectivity index (χ4n) is 3.30. The lowest BCUT2D eigenvalue weighted by molar-refractivity contribution is 0.199. The first-order valence-electron chi connectivity index (χ1n) is 10.9. The average molecular weight is 465 g/mol. The van der Waals surface area contributed by atoms with Gasteiger partial charge in [-0.05, 0) is 42.8 Å². The van der Waals surface area contributed by atoms with Crippen LogP contribution in [0.15, 0.2) is 60.7 Å². The van der Waals surface area contributed by atoms with Gasteiger partial charge in [-0.15, -0.1) is 0 Å². The number of carbonyl (C=O) groups excluding carboxylic acids is 1. The number of carbonyl (C=O) groups is 1. The first-order chi connectivity index (χ1) is 16.5. The van der Waals surface area contributed by atoms with Crippen molar-refractivity contribution in [1.29, 1.82) is 5.41 Å². The predicted molar refractivity (Wildman–Crippen MR) is 132 cm³/mol. The van der Waals surface area contributed by atoms with Crippen molar-refractivity contribution < 1.29 is 13.9 Å². The molecule has 0 spiro atoms. The van der Waals surface area contributed by atoms with E-state index < -0.39 is 6.03 Å².